The first kappa shape index (κ1) is 28.8. The molecule has 0 unspecified atom stereocenters. The molecule has 1 N–H and O–H groups in total. The first-order chi connectivity index (χ1) is 17.5. The predicted molar refractivity (Wildman–Crippen MR) is 149 cm³/mol. The van der Waals surface area contributed by atoms with Crippen LogP contribution >= 0.6 is 34.8 Å². The molecule has 0 aliphatic heterocycles. The standard InChI is InChI=1S/C26H26Cl3N3O4S/c1-30-26(34)24(14-18-8-4-3-5-9-18)31(16-19-12-13-20(27)15-22(19)29)25(33)17-32(37(2,35)36)23-11-7-6-10-21(23)28/h3-13,15,24H,14,16-17H2,1-2H3,(H,30,34)/t24-/m1/s1. The highest BCUT2D eigenvalue weighted by molar-refractivity contribution is 7.92. The number of nitrogens with zero attached hydrogens (tertiary/aromatic N) is 2. The second-order valence-corrected chi connectivity index (χ2v) is 11.5. The van der Waals surface area contributed by atoms with Crippen LogP contribution in [-0.4, -0.2) is 51.0 Å². The van der Waals surface area contributed by atoms with Crippen molar-refractivity contribution in [2.75, 3.05) is 24.2 Å². The number of rotatable bonds is 10. The smallest absolute Gasteiger partial charge is 0.244 e. The van der Waals surface area contributed by atoms with Gasteiger partial charge in [0.1, 0.15) is 12.6 Å². The third-order valence-corrected chi connectivity index (χ3v) is 7.71. The molecule has 0 radical (unpaired) electrons. The lowest BCUT2D eigenvalue weighted by molar-refractivity contribution is -0.139. The number of amides is 2. The van der Waals surface area contributed by atoms with Crippen molar-refractivity contribution in [1.29, 1.82) is 0 Å². The Hall–Kier alpha value is -2.78. The molecule has 0 saturated heterocycles. The third-order valence-electron chi connectivity index (χ3n) is 5.67. The molecule has 7 nitrogen and oxygen atoms in total. The van der Waals surface area contributed by atoms with E-state index >= 15 is 0 Å². The fourth-order valence-electron chi connectivity index (χ4n) is 3.80. The molecule has 0 aliphatic carbocycles. The van der Waals surface area contributed by atoms with Gasteiger partial charge in [-0.1, -0.05) is 83.3 Å². The Morgan fingerprint density at radius 1 is 0.919 bits per heavy atom. The van der Waals surface area contributed by atoms with E-state index in [1.807, 2.05) is 30.3 Å². The quantitative estimate of drug-likeness (QED) is 0.372. The van der Waals surface area contributed by atoms with Crippen LogP contribution in [0, 0.1) is 0 Å². The molecule has 0 saturated carbocycles. The lowest BCUT2D eigenvalue weighted by Gasteiger charge is -2.33. The van der Waals surface area contributed by atoms with Crippen LogP contribution in [0.25, 0.3) is 0 Å². The Morgan fingerprint density at radius 3 is 2.16 bits per heavy atom. The average molecular weight is 583 g/mol. The molecule has 0 heterocycles. The molecule has 3 aromatic rings. The summed E-state index contributed by atoms with van der Waals surface area (Å²) in [5.41, 5.74) is 1.52. The van der Waals surface area contributed by atoms with Gasteiger partial charge in [-0.2, -0.15) is 0 Å². The van der Waals surface area contributed by atoms with Crippen molar-refractivity contribution in [1.82, 2.24) is 10.2 Å². The van der Waals surface area contributed by atoms with Crippen molar-refractivity contribution in [3.05, 3.63) is 99.0 Å². The van der Waals surface area contributed by atoms with E-state index in [9.17, 15) is 18.0 Å². The van der Waals surface area contributed by atoms with Crippen molar-refractivity contribution in [3.63, 3.8) is 0 Å². The van der Waals surface area contributed by atoms with Gasteiger partial charge in [-0.25, -0.2) is 8.42 Å². The number of anilines is 1. The second kappa shape index (κ2) is 12.6. The van der Waals surface area contributed by atoms with Gasteiger partial charge in [0, 0.05) is 30.1 Å². The first-order valence-electron chi connectivity index (χ1n) is 11.2. The van der Waals surface area contributed by atoms with Crippen molar-refractivity contribution in [2.45, 2.75) is 19.0 Å². The van der Waals surface area contributed by atoms with Gasteiger partial charge < -0.3 is 10.2 Å². The molecular formula is C26H26Cl3N3O4S. The molecule has 0 aliphatic rings. The monoisotopic (exact) mass is 581 g/mol. The van der Waals surface area contributed by atoms with E-state index in [4.69, 9.17) is 34.8 Å². The molecule has 3 aromatic carbocycles. The summed E-state index contributed by atoms with van der Waals surface area (Å²) < 4.78 is 26.4. The molecule has 196 valence electrons. The molecule has 3 rings (SSSR count). The minimum Gasteiger partial charge on any atom is -0.357 e. The van der Waals surface area contributed by atoms with E-state index in [0.717, 1.165) is 16.1 Å². The zero-order valence-corrected chi connectivity index (χ0v) is 23.3. The number of carbonyl (C=O) groups is 2. The topological polar surface area (TPSA) is 86.8 Å². The molecule has 1 atom stereocenters. The van der Waals surface area contributed by atoms with Crippen LogP contribution in [0.3, 0.4) is 0 Å². The third kappa shape index (κ3) is 7.61. The molecule has 11 heteroatoms. The minimum absolute atomic E-state index is 0.0557. The van der Waals surface area contributed by atoms with E-state index in [0.29, 0.717) is 15.6 Å². The van der Waals surface area contributed by atoms with Crippen LogP contribution in [0.15, 0.2) is 72.8 Å². The molecule has 0 fully saturated rings. The van der Waals surface area contributed by atoms with E-state index in [-0.39, 0.29) is 23.7 Å². The number of nitrogens with one attached hydrogen (secondary N) is 1. The summed E-state index contributed by atoms with van der Waals surface area (Å²) in [6.45, 7) is -0.629. The van der Waals surface area contributed by atoms with Gasteiger partial charge in [-0.3, -0.25) is 13.9 Å². The van der Waals surface area contributed by atoms with Crippen LogP contribution in [0.1, 0.15) is 11.1 Å². The van der Waals surface area contributed by atoms with Crippen molar-refractivity contribution >= 4 is 62.3 Å². The van der Waals surface area contributed by atoms with Gasteiger partial charge in [0.15, 0.2) is 0 Å². The normalized spacial score (nSPS) is 12.0. The van der Waals surface area contributed by atoms with E-state index in [2.05, 4.69) is 5.32 Å². The predicted octanol–water partition coefficient (Wildman–Crippen LogP) is 4.80. The van der Waals surface area contributed by atoms with Gasteiger partial charge >= 0.3 is 0 Å². The van der Waals surface area contributed by atoms with Gasteiger partial charge in [0.25, 0.3) is 0 Å². The molecule has 2 amide bonds. The summed E-state index contributed by atoms with van der Waals surface area (Å²) in [7, 11) is -2.43. The van der Waals surface area contributed by atoms with Crippen LogP contribution < -0.4 is 9.62 Å². The summed E-state index contributed by atoms with van der Waals surface area (Å²) in [4.78, 5) is 28.3. The highest BCUT2D eigenvalue weighted by Crippen LogP contribution is 2.28. The average Bonchev–Trinajstić information content (AvgIpc) is 2.85. The number of hydrogen-bond donors (Lipinski definition) is 1. The Morgan fingerprint density at radius 2 is 1.57 bits per heavy atom. The summed E-state index contributed by atoms with van der Waals surface area (Å²) >= 11 is 18.7. The number of carbonyl (C=O) groups excluding carboxylic acids is 2. The summed E-state index contributed by atoms with van der Waals surface area (Å²) in [5.74, 6) is -1.02. The molecule has 0 spiro atoms. The van der Waals surface area contributed by atoms with E-state index in [1.165, 1.54) is 24.1 Å². The number of benzene rings is 3. The highest BCUT2D eigenvalue weighted by atomic mass is 35.5. The summed E-state index contributed by atoms with van der Waals surface area (Å²) in [6, 6.07) is 19.4. The lowest BCUT2D eigenvalue weighted by Crippen LogP contribution is -2.53. The Balaban J connectivity index is 2.06. The number of sulfonamides is 1. The Labute approximate surface area is 232 Å². The zero-order valence-electron chi connectivity index (χ0n) is 20.2. The Kier molecular flexibility index (Phi) is 9.84. The number of para-hydroxylation sites is 1. The lowest BCUT2D eigenvalue weighted by atomic mass is 10.0. The van der Waals surface area contributed by atoms with Gasteiger partial charge in [-0.15, -0.1) is 0 Å². The van der Waals surface area contributed by atoms with E-state index < -0.39 is 34.4 Å². The van der Waals surface area contributed by atoms with E-state index in [1.54, 1.807) is 30.3 Å². The van der Waals surface area contributed by atoms with Crippen LogP contribution in [0.4, 0.5) is 5.69 Å². The maximum Gasteiger partial charge on any atom is 0.244 e. The summed E-state index contributed by atoms with van der Waals surface area (Å²) in [6.07, 6.45) is 1.19. The molecular weight excluding hydrogens is 557 g/mol. The molecule has 0 aromatic heterocycles. The van der Waals surface area contributed by atoms with Gasteiger partial charge in [0.05, 0.1) is 17.0 Å². The number of hydrogen-bond acceptors (Lipinski definition) is 4. The fourth-order valence-corrected chi connectivity index (χ4v) is 5.42. The maximum absolute atomic E-state index is 13.8. The van der Waals surface area contributed by atoms with Crippen molar-refractivity contribution in [3.8, 4) is 0 Å². The van der Waals surface area contributed by atoms with Crippen LogP contribution in [-0.2, 0) is 32.6 Å². The largest absolute Gasteiger partial charge is 0.357 e. The number of likely N-dealkylation sites (N-methyl/N-ethyl adjacent to an activating group) is 1. The fraction of sp³-hybridized carbons (Fsp3) is 0.231. The minimum atomic E-state index is -3.91. The highest BCUT2D eigenvalue weighted by Gasteiger charge is 2.33. The SMILES string of the molecule is CNC(=O)[C@@H](Cc1ccccc1)N(Cc1ccc(Cl)cc1Cl)C(=O)CN(c1ccccc1Cl)S(C)(=O)=O. The van der Waals surface area contributed by atoms with Crippen molar-refractivity contribution < 1.29 is 18.0 Å². The molecule has 37 heavy (non-hydrogen) atoms. The summed E-state index contributed by atoms with van der Waals surface area (Å²) in [5, 5.41) is 3.51. The zero-order chi connectivity index (χ0) is 27.2. The van der Waals surface area contributed by atoms with Crippen LogP contribution in [0.5, 0.6) is 0 Å². The molecule has 0 bridgehead atoms. The van der Waals surface area contributed by atoms with Gasteiger partial charge in [-0.05, 0) is 35.4 Å². The van der Waals surface area contributed by atoms with Crippen LogP contribution in [0.2, 0.25) is 15.1 Å². The maximum atomic E-state index is 13.8. The Bertz CT molecular complexity index is 1370. The first-order valence-corrected chi connectivity index (χ1v) is 14.2. The second-order valence-electron chi connectivity index (χ2n) is 8.30. The van der Waals surface area contributed by atoms with Crippen molar-refractivity contribution in [2.24, 2.45) is 0 Å². The number of halogens is 3. The van der Waals surface area contributed by atoms with Gasteiger partial charge in [0.2, 0.25) is 21.8 Å².